The predicted molar refractivity (Wildman–Crippen MR) is 117 cm³/mol. The third-order valence-corrected chi connectivity index (χ3v) is 7.35. The Hall–Kier alpha value is -1.76. The minimum absolute atomic E-state index is 0.121. The van der Waals surface area contributed by atoms with Crippen molar-refractivity contribution in [3.05, 3.63) is 59.7 Å². The van der Waals surface area contributed by atoms with E-state index in [9.17, 15) is 19.4 Å². The lowest BCUT2D eigenvalue weighted by Gasteiger charge is -2.40. The summed E-state index contributed by atoms with van der Waals surface area (Å²) in [6.45, 7) is 2.40. The second kappa shape index (κ2) is 8.64. The molecule has 2 aromatic rings. The molecule has 0 radical (unpaired) electrons. The number of benzene rings is 2. The fourth-order valence-electron chi connectivity index (χ4n) is 4.31. The summed E-state index contributed by atoms with van der Waals surface area (Å²) < 4.78 is 69.3. The topological polar surface area (TPSA) is 9.23 Å². The first-order chi connectivity index (χ1) is 14.4. The van der Waals surface area contributed by atoms with Crippen LogP contribution in [0.1, 0.15) is 75.3 Å². The Kier molecular flexibility index (Phi) is 6.66. The van der Waals surface area contributed by atoms with Gasteiger partial charge in [-0.2, -0.15) is 0 Å². The van der Waals surface area contributed by atoms with E-state index in [0.717, 1.165) is 23.6 Å². The molecule has 1 saturated carbocycles. The minimum atomic E-state index is -9.64. The Morgan fingerprint density at radius 2 is 1.42 bits per heavy atom. The Bertz CT molecular complexity index is 839. The fourth-order valence-corrected chi connectivity index (χ4v) is 4.96. The van der Waals surface area contributed by atoms with Gasteiger partial charge in [-0.15, -0.1) is 0 Å². The molecular formula is C24H31F5OS. The standard InChI is InChI=1S/C24H31F5OS/c1-2-3-4-5-19-6-10-21(11-7-19)22-12-8-20(9-13-22)18-30-23-14-16-24(17-15-23)31(25,26,27,28)29/h8-9,12-17,19,21H,2-7,10-11,18H2,1H3/t19-,21-. The second-order valence-corrected chi connectivity index (χ2v) is 11.1. The second-order valence-electron chi connectivity index (χ2n) is 8.68. The van der Waals surface area contributed by atoms with Gasteiger partial charge in [-0.1, -0.05) is 76.3 Å². The van der Waals surface area contributed by atoms with Gasteiger partial charge in [-0.25, -0.2) is 0 Å². The Morgan fingerprint density at radius 3 is 1.97 bits per heavy atom. The van der Waals surface area contributed by atoms with Gasteiger partial charge in [0.2, 0.25) is 0 Å². The quantitative estimate of drug-likeness (QED) is 0.266. The van der Waals surface area contributed by atoms with E-state index >= 15 is 0 Å². The Morgan fingerprint density at radius 1 is 0.806 bits per heavy atom. The zero-order chi connectivity index (χ0) is 22.6. The molecule has 0 N–H and O–H groups in total. The number of halogens is 5. The maximum Gasteiger partial charge on any atom is 0.310 e. The van der Waals surface area contributed by atoms with Crippen molar-refractivity contribution in [1.29, 1.82) is 0 Å². The van der Waals surface area contributed by atoms with Crippen molar-refractivity contribution in [3.63, 3.8) is 0 Å². The van der Waals surface area contributed by atoms with Gasteiger partial charge in [0.25, 0.3) is 0 Å². The fraction of sp³-hybridized carbons (Fsp3) is 0.500. The van der Waals surface area contributed by atoms with Crippen LogP contribution in [0.5, 0.6) is 5.75 Å². The van der Waals surface area contributed by atoms with Crippen molar-refractivity contribution in [2.45, 2.75) is 75.7 Å². The average Bonchev–Trinajstić information content (AvgIpc) is 2.72. The van der Waals surface area contributed by atoms with Gasteiger partial charge in [0, 0.05) is 0 Å². The normalized spacial score (nSPS) is 21.9. The van der Waals surface area contributed by atoms with Crippen molar-refractivity contribution in [1.82, 2.24) is 0 Å². The van der Waals surface area contributed by atoms with Crippen LogP contribution in [0, 0.1) is 5.92 Å². The lowest BCUT2D eigenvalue weighted by Crippen LogP contribution is -2.13. The highest BCUT2D eigenvalue weighted by atomic mass is 32.5. The first-order valence-corrected chi connectivity index (χ1v) is 13.0. The number of unbranched alkanes of at least 4 members (excludes halogenated alkanes) is 2. The van der Waals surface area contributed by atoms with E-state index in [1.54, 1.807) is 0 Å². The molecule has 0 saturated heterocycles. The highest BCUT2D eigenvalue weighted by molar-refractivity contribution is 8.45. The molecule has 1 nitrogen and oxygen atoms in total. The minimum Gasteiger partial charge on any atom is -0.489 e. The predicted octanol–water partition coefficient (Wildman–Crippen LogP) is 9.78. The van der Waals surface area contributed by atoms with Crippen molar-refractivity contribution in [2.24, 2.45) is 5.92 Å². The molecule has 0 spiro atoms. The van der Waals surface area contributed by atoms with E-state index in [0.29, 0.717) is 18.1 Å². The highest BCUT2D eigenvalue weighted by Crippen LogP contribution is 3.02. The molecule has 0 heterocycles. The van der Waals surface area contributed by atoms with Crippen molar-refractivity contribution >= 4 is 10.2 Å². The van der Waals surface area contributed by atoms with Gasteiger partial charge in [0.05, 0.1) is 0 Å². The molecule has 174 valence electrons. The first-order valence-electron chi connectivity index (χ1n) is 11.0. The van der Waals surface area contributed by atoms with Gasteiger partial charge in [-0.3, -0.25) is 0 Å². The molecule has 0 amide bonds. The van der Waals surface area contributed by atoms with Crippen LogP contribution in [0.2, 0.25) is 0 Å². The van der Waals surface area contributed by atoms with Gasteiger partial charge >= 0.3 is 10.2 Å². The van der Waals surface area contributed by atoms with E-state index in [4.69, 9.17) is 4.74 Å². The SMILES string of the molecule is CCCCC[C@H]1CC[C@H](c2ccc(COc3ccc(S(F)(F)(F)(F)F)cc3)cc2)CC1. The third-order valence-electron chi connectivity index (χ3n) is 6.19. The van der Waals surface area contributed by atoms with Crippen LogP contribution in [0.4, 0.5) is 19.4 Å². The Balaban J connectivity index is 1.49. The average molecular weight is 463 g/mol. The maximum absolute atomic E-state index is 12.8. The van der Waals surface area contributed by atoms with Crippen LogP contribution in [0.25, 0.3) is 0 Å². The highest BCUT2D eigenvalue weighted by Gasteiger charge is 2.65. The largest absolute Gasteiger partial charge is 0.489 e. The molecule has 7 heteroatoms. The molecule has 1 aliphatic rings. The summed E-state index contributed by atoms with van der Waals surface area (Å²) in [7, 11) is -9.64. The summed E-state index contributed by atoms with van der Waals surface area (Å²) >= 11 is 0. The zero-order valence-corrected chi connectivity index (χ0v) is 18.7. The molecule has 31 heavy (non-hydrogen) atoms. The molecule has 0 aliphatic heterocycles. The number of hydrogen-bond donors (Lipinski definition) is 0. The molecule has 0 atom stereocenters. The van der Waals surface area contributed by atoms with E-state index in [1.807, 2.05) is 12.1 Å². The molecule has 1 aliphatic carbocycles. The molecule has 0 aromatic heterocycles. The van der Waals surface area contributed by atoms with Gasteiger partial charge in [0.1, 0.15) is 17.3 Å². The summed E-state index contributed by atoms with van der Waals surface area (Å²) in [4.78, 5) is -1.91. The van der Waals surface area contributed by atoms with Crippen molar-refractivity contribution < 1.29 is 24.2 Å². The summed E-state index contributed by atoms with van der Waals surface area (Å²) in [5.74, 6) is 1.56. The van der Waals surface area contributed by atoms with E-state index < -0.39 is 15.1 Å². The molecule has 3 rings (SSSR count). The number of rotatable bonds is 9. The maximum atomic E-state index is 12.8. The summed E-state index contributed by atoms with van der Waals surface area (Å²) in [6, 6.07) is 10.7. The first kappa shape index (κ1) is 23.9. The summed E-state index contributed by atoms with van der Waals surface area (Å²) in [6.07, 6.45) is 10.3. The zero-order valence-electron chi connectivity index (χ0n) is 17.8. The van der Waals surface area contributed by atoms with Crippen molar-refractivity contribution in [3.8, 4) is 5.75 Å². The number of hydrogen-bond acceptors (Lipinski definition) is 1. The van der Waals surface area contributed by atoms with E-state index in [-0.39, 0.29) is 12.4 Å². The van der Waals surface area contributed by atoms with Crippen LogP contribution in [-0.4, -0.2) is 0 Å². The van der Waals surface area contributed by atoms with Crippen LogP contribution in [0.15, 0.2) is 53.4 Å². The van der Waals surface area contributed by atoms with Crippen LogP contribution in [0.3, 0.4) is 0 Å². The summed E-state index contributed by atoms with van der Waals surface area (Å²) in [5, 5.41) is 0. The van der Waals surface area contributed by atoms with E-state index in [1.165, 1.54) is 56.9 Å². The molecular weight excluding hydrogens is 431 g/mol. The van der Waals surface area contributed by atoms with Gasteiger partial charge in [-0.05, 0) is 72.9 Å². The lowest BCUT2D eigenvalue weighted by molar-refractivity contribution is 0.301. The van der Waals surface area contributed by atoms with E-state index in [2.05, 4.69) is 19.1 Å². The molecule has 0 bridgehead atoms. The third kappa shape index (κ3) is 7.13. The van der Waals surface area contributed by atoms with Gasteiger partial charge < -0.3 is 4.74 Å². The molecule has 2 aromatic carbocycles. The van der Waals surface area contributed by atoms with Crippen LogP contribution in [-0.2, 0) is 6.61 Å². The molecule has 1 fully saturated rings. The van der Waals surface area contributed by atoms with Crippen LogP contribution < -0.4 is 4.74 Å². The Labute approximate surface area is 181 Å². The monoisotopic (exact) mass is 462 g/mol. The number of ether oxygens (including phenoxy) is 1. The smallest absolute Gasteiger partial charge is 0.310 e. The lowest BCUT2D eigenvalue weighted by atomic mass is 9.77. The van der Waals surface area contributed by atoms with Gasteiger partial charge in [0.15, 0.2) is 0 Å². The molecule has 0 unspecified atom stereocenters. The summed E-state index contributed by atoms with van der Waals surface area (Å²) in [5.41, 5.74) is 2.20. The van der Waals surface area contributed by atoms with Crippen LogP contribution >= 0.6 is 10.2 Å². The van der Waals surface area contributed by atoms with Crippen molar-refractivity contribution in [2.75, 3.05) is 0 Å².